The molecule has 1 aliphatic carbocycles. The first-order chi connectivity index (χ1) is 9.95. The van der Waals surface area contributed by atoms with Crippen molar-refractivity contribution in [3.05, 3.63) is 41.5 Å². The third-order valence-electron chi connectivity index (χ3n) is 5.04. The molecule has 3 heteroatoms. The molecule has 0 unspecified atom stereocenters. The highest BCUT2D eigenvalue weighted by atomic mass is 16.4. The lowest BCUT2D eigenvalue weighted by Gasteiger charge is -2.39. The van der Waals surface area contributed by atoms with Gasteiger partial charge in [-0.2, -0.15) is 0 Å². The van der Waals surface area contributed by atoms with Crippen LogP contribution in [0.25, 0.3) is 10.8 Å². The van der Waals surface area contributed by atoms with E-state index in [4.69, 9.17) is 0 Å². The van der Waals surface area contributed by atoms with Crippen LogP contribution in [0.4, 0.5) is 0 Å². The summed E-state index contributed by atoms with van der Waals surface area (Å²) in [6.45, 7) is 3.93. The molecule has 0 bridgehead atoms. The standard InChI is InChI=1S/C18H20O3/c1-3-16-15-10-11-4-5-14(19)9-13(11)8-12(15)6-7-18(16,2)17(20)21/h4-5,8-10,16,19H,3,6-7H2,1-2H3,(H,20,21)/t16-,18+/m0/s1. The lowest BCUT2D eigenvalue weighted by Crippen LogP contribution is -2.38. The van der Waals surface area contributed by atoms with E-state index in [2.05, 4.69) is 19.1 Å². The molecule has 110 valence electrons. The lowest BCUT2D eigenvalue weighted by atomic mass is 9.64. The average molecular weight is 284 g/mol. The summed E-state index contributed by atoms with van der Waals surface area (Å²) < 4.78 is 0. The smallest absolute Gasteiger partial charge is 0.309 e. The molecule has 3 nitrogen and oxygen atoms in total. The number of aromatic hydroxyl groups is 1. The molecule has 0 aromatic heterocycles. The van der Waals surface area contributed by atoms with Crippen molar-refractivity contribution in [1.82, 2.24) is 0 Å². The van der Waals surface area contributed by atoms with Crippen molar-refractivity contribution < 1.29 is 15.0 Å². The van der Waals surface area contributed by atoms with Crippen LogP contribution in [-0.4, -0.2) is 16.2 Å². The van der Waals surface area contributed by atoms with Gasteiger partial charge in [0, 0.05) is 0 Å². The number of rotatable bonds is 2. The Morgan fingerprint density at radius 1 is 1.29 bits per heavy atom. The van der Waals surface area contributed by atoms with E-state index in [-0.39, 0.29) is 11.7 Å². The quantitative estimate of drug-likeness (QED) is 0.873. The number of phenols is 1. The van der Waals surface area contributed by atoms with E-state index in [9.17, 15) is 15.0 Å². The second kappa shape index (κ2) is 4.76. The zero-order valence-electron chi connectivity index (χ0n) is 12.4. The van der Waals surface area contributed by atoms with Crippen molar-refractivity contribution in [1.29, 1.82) is 0 Å². The zero-order valence-corrected chi connectivity index (χ0v) is 12.4. The van der Waals surface area contributed by atoms with Crippen LogP contribution in [0.2, 0.25) is 0 Å². The Hall–Kier alpha value is -2.03. The van der Waals surface area contributed by atoms with Gasteiger partial charge < -0.3 is 10.2 Å². The largest absolute Gasteiger partial charge is 0.508 e. The highest BCUT2D eigenvalue weighted by Crippen LogP contribution is 2.48. The lowest BCUT2D eigenvalue weighted by molar-refractivity contribution is -0.150. The topological polar surface area (TPSA) is 57.5 Å². The Bertz CT molecular complexity index is 720. The Kier molecular flexibility index (Phi) is 3.16. The number of aliphatic carboxylic acids is 1. The third kappa shape index (κ3) is 2.08. The molecule has 2 atom stereocenters. The maximum atomic E-state index is 11.7. The van der Waals surface area contributed by atoms with E-state index < -0.39 is 11.4 Å². The fraction of sp³-hybridized carbons (Fsp3) is 0.389. The van der Waals surface area contributed by atoms with Crippen LogP contribution >= 0.6 is 0 Å². The van der Waals surface area contributed by atoms with Crippen LogP contribution in [0.5, 0.6) is 5.75 Å². The minimum Gasteiger partial charge on any atom is -0.508 e. The minimum atomic E-state index is -0.703. The van der Waals surface area contributed by atoms with Crippen molar-refractivity contribution >= 4 is 16.7 Å². The van der Waals surface area contributed by atoms with Gasteiger partial charge in [-0.15, -0.1) is 0 Å². The summed E-state index contributed by atoms with van der Waals surface area (Å²) in [6.07, 6.45) is 2.26. The molecular formula is C18H20O3. The van der Waals surface area contributed by atoms with Gasteiger partial charge in [-0.25, -0.2) is 0 Å². The summed E-state index contributed by atoms with van der Waals surface area (Å²) in [5.74, 6) is -0.400. The van der Waals surface area contributed by atoms with Gasteiger partial charge >= 0.3 is 5.97 Å². The van der Waals surface area contributed by atoms with Crippen LogP contribution in [0.15, 0.2) is 30.3 Å². The predicted molar refractivity (Wildman–Crippen MR) is 82.7 cm³/mol. The zero-order chi connectivity index (χ0) is 15.2. The molecule has 2 aromatic rings. The number of fused-ring (bicyclic) bond motifs is 2. The van der Waals surface area contributed by atoms with Crippen molar-refractivity contribution in [3.63, 3.8) is 0 Å². The molecule has 0 heterocycles. The van der Waals surface area contributed by atoms with Gasteiger partial charge in [0.05, 0.1) is 5.41 Å². The van der Waals surface area contributed by atoms with Gasteiger partial charge in [-0.05, 0) is 66.1 Å². The molecule has 1 aliphatic rings. The summed E-state index contributed by atoms with van der Waals surface area (Å²) >= 11 is 0. The van der Waals surface area contributed by atoms with Gasteiger partial charge in [0.1, 0.15) is 5.75 Å². The molecule has 2 aromatic carbocycles. The number of hydrogen-bond acceptors (Lipinski definition) is 2. The predicted octanol–water partition coefficient (Wildman–Crippen LogP) is 4.08. The van der Waals surface area contributed by atoms with E-state index in [1.165, 1.54) is 5.56 Å². The molecule has 3 rings (SSSR count). The number of aryl methyl sites for hydroxylation is 1. The van der Waals surface area contributed by atoms with Crippen LogP contribution in [-0.2, 0) is 11.2 Å². The van der Waals surface area contributed by atoms with Gasteiger partial charge in [0.25, 0.3) is 0 Å². The molecule has 0 radical (unpaired) electrons. The number of phenolic OH excluding ortho intramolecular Hbond substituents is 1. The van der Waals surface area contributed by atoms with Gasteiger partial charge in [-0.3, -0.25) is 4.79 Å². The molecule has 0 saturated heterocycles. The first kappa shape index (κ1) is 13.9. The van der Waals surface area contributed by atoms with Gasteiger partial charge in [-0.1, -0.05) is 25.1 Å². The molecule has 0 spiro atoms. The van der Waals surface area contributed by atoms with E-state index in [0.717, 1.165) is 29.2 Å². The maximum absolute atomic E-state index is 11.7. The molecule has 0 fully saturated rings. The molecule has 21 heavy (non-hydrogen) atoms. The second-order valence-corrected chi connectivity index (χ2v) is 6.27. The number of carbonyl (C=O) groups is 1. The maximum Gasteiger partial charge on any atom is 0.309 e. The number of hydrogen-bond donors (Lipinski definition) is 2. The first-order valence-corrected chi connectivity index (χ1v) is 7.44. The van der Waals surface area contributed by atoms with E-state index in [1.54, 1.807) is 12.1 Å². The summed E-state index contributed by atoms with van der Waals surface area (Å²) in [5, 5.41) is 21.3. The van der Waals surface area contributed by atoms with Crippen molar-refractivity contribution in [2.45, 2.75) is 39.0 Å². The molecule has 2 N–H and O–H groups in total. The Morgan fingerprint density at radius 3 is 2.71 bits per heavy atom. The Labute approximate surface area is 124 Å². The van der Waals surface area contributed by atoms with Crippen LogP contribution in [0, 0.1) is 5.41 Å². The summed E-state index contributed by atoms with van der Waals surface area (Å²) in [4.78, 5) is 11.7. The number of benzene rings is 2. The second-order valence-electron chi connectivity index (χ2n) is 6.27. The van der Waals surface area contributed by atoms with Crippen molar-refractivity contribution in [2.24, 2.45) is 5.41 Å². The minimum absolute atomic E-state index is 0.0388. The molecule has 0 amide bonds. The van der Waals surface area contributed by atoms with Gasteiger partial charge in [0.2, 0.25) is 0 Å². The monoisotopic (exact) mass is 284 g/mol. The van der Waals surface area contributed by atoms with Crippen LogP contribution in [0.1, 0.15) is 43.7 Å². The third-order valence-corrected chi connectivity index (χ3v) is 5.04. The number of carboxylic acid groups (broad SMARTS) is 1. The normalized spacial score (nSPS) is 24.8. The van der Waals surface area contributed by atoms with Gasteiger partial charge in [0.15, 0.2) is 0 Å². The van der Waals surface area contributed by atoms with Crippen LogP contribution < -0.4 is 0 Å². The summed E-state index contributed by atoms with van der Waals surface area (Å²) in [5.41, 5.74) is 1.69. The highest BCUT2D eigenvalue weighted by molar-refractivity contribution is 5.86. The SMILES string of the molecule is CC[C@H]1c2cc3ccc(O)cc3cc2CC[C@@]1(C)C(=O)O. The first-order valence-electron chi connectivity index (χ1n) is 7.44. The van der Waals surface area contributed by atoms with E-state index in [1.807, 2.05) is 13.0 Å². The van der Waals surface area contributed by atoms with E-state index in [0.29, 0.717) is 6.42 Å². The Morgan fingerprint density at radius 2 is 2.05 bits per heavy atom. The van der Waals surface area contributed by atoms with E-state index >= 15 is 0 Å². The molecular weight excluding hydrogens is 264 g/mol. The molecule has 0 aliphatic heterocycles. The Balaban J connectivity index is 2.20. The summed E-state index contributed by atoms with van der Waals surface area (Å²) in [6, 6.07) is 9.55. The fourth-order valence-corrected chi connectivity index (χ4v) is 3.73. The van der Waals surface area contributed by atoms with Crippen LogP contribution in [0.3, 0.4) is 0 Å². The number of carboxylic acids is 1. The average Bonchev–Trinajstić information content (AvgIpc) is 2.45. The molecule has 0 saturated carbocycles. The fourth-order valence-electron chi connectivity index (χ4n) is 3.73. The highest BCUT2D eigenvalue weighted by Gasteiger charge is 2.44. The summed E-state index contributed by atoms with van der Waals surface area (Å²) in [7, 11) is 0. The van der Waals surface area contributed by atoms with Crippen molar-refractivity contribution in [2.75, 3.05) is 0 Å². The van der Waals surface area contributed by atoms with Crippen molar-refractivity contribution in [3.8, 4) is 5.75 Å².